The van der Waals surface area contributed by atoms with Crippen LogP contribution in [0.4, 0.5) is 0 Å². The van der Waals surface area contributed by atoms with Gasteiger partial charge in [0, 0.05) is 19.3 Å². The number of aliphatic hydroxyl groups excluding tert-OH is 10. The monoisotopic (exact) mass is 1400 g/mol. The zero-order valence-corrected chi connectivity index (χ0v) is 59.6. The van der Waals surface area contributed by atoms with E-state index in [2.05, 4.69) is 32.9 Å². The van der Waals surface area contributed by atoms with Crippen LogP contribution in [0.3, 0.4) is 0 Å². The van der Waals surface area contributed by atoms with Crippen LogP contribution in [0.1, 0.15) is 290 Å². The molecule has 2 heterocycles. The Hall–Kier alpha value is -2.30. The minimum Gasteiger partial charge on any atom is -0.463 e. The molecule has 11 N–H and O–H groups in total. The van der Waals surface area contributed by atoms with E-state index >= 15 is 0 Å². The van der Waals surface area contributed by atoms with Crippen LogP contribution in [0.15, 0.2) is 12.2 Å². The first-order valence-electron chi connectivity index (χ1n) is 37.5. The summed E-state index contributed by atoms with van der Waals surface area (Å²) in [5.41, 5.74) is 0. The van der Waals surface area contributed by atoms with Gasteiger partial charge in [0.1, 0.15) is 98.7 Å². The van der Waals surface area contributed by atoms with Crippen LogP contribution in [0, 0.1) is 0 Å². The van der Waals surface area contributed by atoms with E-state index in [1.54, 1.807) is 0 Å². The molecule has 0 aromatic carbocycles. The molecule has 24 nitrogen and oxygen atoms in total. The van der Waals surface area contributed by atoms with Crippen LogP contribution in [0.5, 0.6) is 0 Å². The fourth-order valence-electron chi connectivity index (χ4n) is 12.4. The number of ether oxygens (including phenoxy) is 7. The molecule has 1 aliphatic carbocycles. The zero-order chi connectivity index (χ0) is 70.4. The Kier molecular flexibility index (Phi) is 49.0. The number of rotatable bonds is 58. The van der Waals surface area contributed by atoms with Crippen molar-refractivity contribution in [3.8, 4) is 0 Å². The van der Waals surface area contributed by atoms with Gasteiger partial charge in [0.15, 0.2) is 18.7 Å². The van der Waals surface area contributed by atoms with Crippen molar-refractivity contribution in [1.82, 2.24) is 0 Å². The summed E-state index contributed by atoms with van der Waals surface area (Å²) in [4.78, 5) is 50.9. The van der Waals surface area contributed by atoms with Crippen molar-refractivity contribution >= 4 is 25.7 Å². The van der Waals surface area contributed by atoms with E-state index in [9.17, 15) is 74.9 Å². The highest BCUT2D eigenvalue weighted by Gasteiger charge is 2.58. The molecular formula is C71H131O24P. The van der Waals surface area contributed by atoms with Gasteiger partial charge in [-0.15, -0.1) is 0 Å². The van der Waals surface area contributed by atoms with Crippen molar-refractivity contribution in [2.75, 3.05) is 26.4 Å². The van der Waals surface area contributed by atoms with Gasteiger partial charge in [-0.05, 0) is 44.9 Å². The number of allylic oxidation sites excluding steroid dienone is 2. The molecular weight excluding hydrogens is 1270 g/mol. The Morgan fingerprint density at radius 1 is 0.396 bits per heavy atom. The Morgan fingerprint density at radius 3 is 1.14 bits per heavy atom. The van der Waals surface area contributed by atoms with E-state index in [0.717, 1.165) is 89.9 Å². The van der Waals surface area contributed by atoms with Crippen molar-refractivity contribution in [2.24, 2.45) is 0 Å². The predicted octanol–water partition coefficient (Wildman–Crippen LogP) is 9.96. The fourth-order valence-corrected chi connectivity index (χ4v) is 13.4. The lowest BCUT2D eigenvalue weighted by Crippen LogP contribution is -2.69. The van der Waals surface area contributed by atoms with E-state index in [0.29, 0.717) is 19.3 Å². The summed E-state index contributed by atoms with van der Waals surface area (Å²) in [5.74, 6) is -1.99. The highest BCUT2D eigenvalue weighted by Crippen LogP contribution is 2.49. The molecule has 96 heavy (non-hydrogen) atoms. The number of phosphoric ester groups is 1. The molecule has 3 aliphatic rings. The van der Waals surface area contributed by atoms with Crippen molar-refractivity contribution in [1.29, 1.82) is 0 Å². The minimum atomic E-state index is -5.69. The van der Waals surface area contributed by atoms with Crippen LogP contribution >= 0.6 is 7.82 Å². The molecule has 0 spiro atoms. The molecule has 3 rings (SSSR count). The maximum absolute atomic E-state index is 14.3. The Bertz CT molecular complexity index is 2040. The summed E-state index contributed by atoms with van der Waals surface area (Å²) in [7, 11) is -5.69. The van der Waals surface area contributed by atoms with Crippen LogP contribution in [0.25, 0.3) is 0 Å². The summed E-state index contributed by atoms with van der Waals surface area (Å²) in [5, 5.41) is 110. The first kappa shape index (κ1) is 87.9. The quantitative estimate of drug-likeness (QED) is 0.00886. The lowest BCUT2D eigenvalue weighted by molar-refractivity contribution is -0.360. The summed E-state index contributed by atoms with van der Waals surface area (Å²) in [6.45, 7) is 3.43. The van der Waals surface area contributed by atoms with Gasteiger partial charge >= 0.3 is 25.7 Å². The third kappa shape index (κ3) is 36.5. The summed E-state index contributed by atoms with van der Waals surface area (Å²) >= 11 is 0. The molecule has 0 amide bonds. The third-order valence-electron chi connectivity index (χ3n) is 18.5. The number of aliphatic hydroxyl groups is 10. The SMILES string of the molecule is CCCCCCCC/C=C\CCCCCC(=O)OCC1OC(OC2C(O)C(O)C(O)C(OC3OC(CO)C(O)C(O)C3O)C2OP(=O)(O)OCC(COC(=O)CCCCCCCCCCCCCCCCC)OC(=O)CCCCCCCCCCCCCCC)C(O)C(O)C1O. The Balaban J connectivity index is 1.74. The van der Waals surface area contributed by atoms with Gasteiger partial charge in [0.25, 0.3) is 0 Å². The van der Waals surface area contributed by atoms with Gasteiger partial charge in [-0.25, -0.2) is 4.57 Å². The van der Waals surface area contributed by atoms with E-state index < -0.39 is 156 Å². The fraction of sp³-hybridized carbons (Fsp3) is 0.930. The molecule has 0 bridgehead atoms. The van der Waals surface area contributed by atoms with Crippen LogP contribution in [0.2, 0.25) is 0 Å². The molecule has 2 aliphatic heterocycles. The second-order valence-electron chi connectivity index (χ2n) is 27.0. The third-order valence-corrected chi connectivity index (χ3v) is 19.5. The number of carbonyl (C=O) groups is 3. The zero-order valence-electron chi connectivity index (χ0n) is 58.7. The molecule has 18 unspecified atom stereocenters. The van der Waals surface area contributed by atoms with E-state index in [1.165, 1.54) is 141 Å². The highest BCUT2D eigenvalue weighted by molar-refractivity contribution is 7.47. The molecule has 0 aromatic heterocycles. The standard InChI is InChI=1S/C71H131O24P/c1-4-7-10-13-16-19-22-25-26-29-31-33-36-39-42-45-55(73)87-49-52(90-57(75)47-44-41-38-35-32-28-24-21-18-15-12-9-6-3)50-89-96(85,86)95-69-67(93-70-65(83)60(78)58(76)53(48-72)91-70)63(81)62(80)64(82)68(69)94-71-66(84)61(79)59(77)54(92-71)51-88-56(74)46-43-40-37-34-30-27-23-20-17-14-11-8-5-2/h27,30,52-54,58-72,76-84H,4-26,28-29,31-51H2,1-3H3,(H,85,86)/b30-27-. The normalized spacial score (nSPS) is 28.0. The first-order chi connectivity index (χ1) is 46.3. The first-order valence-corrected chi connectivity index (χ1v) is 39.0. The van der Waals surface area contributed by atoms with E-state index in [-0.39, 0.29) is 19.3 Å². The number of esters is 3. The maximum Gasteiger partial charge on any atom is 0.472 e. The van der Waals surface area contributed by atoms with Gasteiger partial charge in [-0.3, -0.25) is 23.4 Å². The van der Waals surface area contributed by atoms with Crippen LogP contribution in [-0.2, 0) is 61.2 Å². The Morgan fingerprint density at radius 2 is 0.729 bits per heavy atom. The molecule has 0 radical (unpaired) electrons. The summed E-state index contributed by atoms with van der Waals surface area (Å²) in [6.07, 6.45) is 11.4. The maximum atomic E-state index is 14.3. The Labute approximate surface area is 573 Å². The van der Waals surface area contributed by atoms with Gasteiger partial charge < -0.3 is 89.1 Å². The van der Waals surface area contributed by atoms with Crippen molar-refractivity contribution in [3.05, 3.63) is 12.2 Å². The van der Waals surface area contributed by atoms with Crippen molar-refractivity contribution in [2.45, 2.75) is 395 Å². The second kappa shape index (κ2) is 53.5. The van der Waals surface area contributed by atoms with Gasteiger partial charge in [0.05, 0.1) is 13.2 Å². The molecule has 18 atom stereocenters. The highest BCUT2D eigenvalue weighted by atomic mass is 31.2. The predicted molar refractivity (Wildman–Crippen MR) is 361 cm³/mol. The molecule has 25 heteroatoms. The number of carbonyl (C=O) groups excluding carboxylic acids is 3. The second-order valence-corrected chi connectivity index (χ2v) is 28.4. The number of unbranched alkanes of at least 4 members (excludes halogenated alkanes) is 35. The topological polar surface area (TPSA) is 374 Å². The molecule has 1 saturated carbocycles. The smallest absolute Gasteiger partial charge is 0.463 e. The minimum absolute atomic E-state index is 0.00937. The molecule has 2 saturated heterocycles. The molecule has 564 valence electrons. The van der Waals surface area contributed by atoms with E-state index in [4.69, 9.17) is 42.2 Å². The lowest BCUT2D eigenvalue weighted by atomic mass is 9.84. The van der Waals surface area contributed by atoms with Crippen LogP contribution < -0.4 is 0 Å². The molecule has 3 fully saturated rings. The van der Waals surface area contributed by atoms with Crippen molar-refractivity contribution < 1.29 is 117 Å². The van der Waals surface area contributed by atoms with Gasteiger partial charge in [-0.2, -0.15) is 0 Å². The average Bonchev–Trinajstić information content (AvgIpc) is 0.766. The average molecular weight is 1400 g/mol. The van der Waals surface area contributed by atoms with Gasteiger partial charge in [-0.1, -0.05) is 238 Å². The number of hydrogen-bond donors (Lipinski definition) is 11. The number of phosphoric acid groups is 1. The largest absolute Gasteiger partial charge is 0.472 e. The number of hydrogen-bond acceptors (Lipinski definition) is 23. The summed E-state index contributed by atoms with van der Waals surface area (Å²) < 4.78 is 65.0. The molecule has 0 aromatic rings. The summed E-state index contributed by atoms with van der Waals surface area (Å²) in [6, 6.07) is 0. The van der Waals surface area contributed by atoms with E-state index in [1.807, 2.05) is 0 Å². The van der Waals surface area contributed by atoms with Gasteiger partial charge in [0.2, 0.25) is 0 Å². The lowest BCUT2D eigenvalue weighted by Gasteiger charge is -2.49. The van der Waals surface area contributed by atoms with Crippen LogP contribution in [-0.4, -0.2) is 204 Å². The van der Waals surface area contributed by atoms with Crippen molar-refractivity contribution in [3.63, 3.8) is 0 Å².